The van der Waals surface area contributed by atoms with Crippen LogP contribution in [0.1, 0.15) is 9.67 Å². The average Bonchev–Trinajstić information content (AvgIpc) is 3.07. The molecule has 3 nitrogen and oxygen atoms in total. The number of thiophene rings is 1. The van der Waals surface area contributed by atoms with Gasteiger partial charge in [-0.2, -0.15) is 0 Å². The molecule has 0 N–H and O–H groups in total. The van der Waals surface area contributed by atoms with Gasteiger partial charge in [0.2, 0.25) is 0 Å². The van der Waals surface area contributed by atoms with Crippen molar-refractivity contribution in [2.45, 2.75) is 0 Å². The Balaban J connectivity index is 1.84. The third-order valence-electron chi connectivity index (χ3n) is 3.98. The molecule has 5 heteroatoms. The number of amides is 1. The van der Waals surface area contributed by atoms with Crippen molar-refractivity contribution in [3.05, 3.63) is 70.7 Å². The van der Waals surface area contributed by atoms with Crippen LogP contribution in [0.3, 0.4) is 0 Å². The van der Waals surface area contributed by atoms with Gasteiger partial charge in [0.15, 0.2) is 0 Å². The summed E-state index contributed by atoms with van der Waals surface area (Å²) >= 11 is 7.78. The molecule has 118 valence electrons. The van der Waals surface area contributed by atoms with Gasteiger partial charge < -0.3 is 4.90 Å². The molecule has 0 unspecified atom stereocenters. The van der Waals surface area contributed by atoms with E-state index in [2.05, 4.69) is 4.98 Å². The minimum absolute atomic E-state index is 0.0532. The molecular formula is C19H13ClN2OS. The number of nitrogens with zero attached hydrogens (tertiary/aromatic N) is 2. The van der Waals surface area contributed by atoms with Crippen molar-refractivity contribution >= 4 is 55.5 Å². The predicted molar refractivity (Wildman–Crippen MR) is 101 cm³/mol. The summed E-state index contributed by atoms with van der Waals surface area (Å²) < 4.78 is 0.996. The molecule has 2 aromatic heterocycles. The molecule has 4 aromatic rings. The van der Waals surface area contributed by atoms with Crippen molar-refractivity contribution in [1.82, 2.24) is 4.98 Å². The summed E-state index contributed by atoms with van der Waals surface area (Å²) in [7, 11) is 1.78. The van der Waals surface area contributed by atoms with Crippen molar-refractivity contribution in [2.24, 2.45) is 0 Å². The molecule has 0 bridgehead atoms. The lowest BCUT2D eigenvalue weighted by molar-refractivity contribution is 0.0997. The van der Waals surface area contributed by atoms with Crippen LogP contribution >= 0.6 is 22.9 Å². The number of hydrogen-bond donors (Lipinski definition) is 0. The number of para-hydroxylation sites is 2. The molecule has 0 fully saturated rings. The Morgan fingerprint density at radius 3 is 2.54 bits per heavy atom. The number of carbonyl (C=O) groups is 1. The molecule has 0 saturated heterocycles. The zero-order chi connectivity index (χ0) is 16.7. The Hall–Kier alpha value is -2.43. The minimum Gasteiger partial charge on any atom is -0.311 e. The highest BCUT2D eigenvalue weighted by molar-refractivity contribution is 7.22. The lowest BCUT2D eigenvalue weighted by Crippen LogP contribution is -2.25. The summed E-state index contributed by atoms with van der Waals surface area (Å²) in [4.78, 5) is 19.6. The van der Waals surface area contributed by atoms with Gasteiger partial charge in [-0.3, -0.25) is 4.79 Å². The van der Waals surface area contributed by atoms with Crippen molar-refractivity contribution in [1.29, 1.82) is 0 Å². The number of carbonyl (C=O) groups excluding carboxylic acids is 1. The van der Waals surface area contributed by atoms with Crippen LogP contribution < -0.4 is 4.90 Å². The first-order chi connectivity index (χ1) is 11.6. The second-order valence-corrected chi connectivity index (χ2v) is 6.88. The number of benzene rings is 2. The van der Waals surface area contributed by atoms with Gasteiger partial charge in [0, 0.05) is 28.2 Å². The molecule has 0 aliphatic heterocycles. The normalized spacial score (nSPS) is 11.1. The molecule has 2 aromatic carbocycles. The van der Waals surface area contributed by atoms with Crippen LogP contribution in [0.4, 0.5) is 5.69 Å². The quantitative estimate of drug-likeness (QED) is 0.454. The van der Waals surface area contributed by atoms with Crippen molar-refractivity contribution in [3.8, 4) is 0 Å². The number of anilines is 1. The van der Waals surface area contributed by atoms with Crippen LogP contribution in [-0.4, -0.2) is 17.9 Å². The van der Waals surface area contributed by atoms with Crippen LogP contribution in [-0.2, 0) is 0 Å². The summed E-state index contributed by atoms with van der Waals surface area (Å²) in [6.07, 6.45) is 0. The molecule has 24 heavy (non-hydrogen) atoms. The Kier molecular flexibility index (Phi) is 3.71. The van der Waals surface area contributed by atoms with Crippen LogP contribution in [0, 0.1) is 0 Å². The van der Waals surface area contributed by atoms with Crippen LogP contribution in [0.2, 0.25) is 5.15 Å². The van der Waals surface area contributed by atoms with Crippen molar-refractivity contribution in [3.63, 3.8) is 0 Å². The number of fused-ring (bicyclic) bond motifs is 3. The van der Waals surface area contributed by atoms with Gasteiger partial charge in [0.05, 0.1) is 10.4 Å². The second-order valence-electron chi connectivity index (χ2n) is 5.47. The number of rotatable bonds is 2. The summed E-state index contributed by atoms with van der Waals surface area (Å²) in [5, 5.41) is 2.27. The monoisotopic (exact) mass is 352 g/mol. The fourth-order valence-electron chi connectivity index (χ4n) is 2.71. The van der Waals surface area contributed by atoms with Gasteiger partial charge in [0.1, 0.15) is 5.15 Å². The van der Waals surface area contributed by atoms with E-state index in [0.29, 0.717) is 10.0 Å². The third-order valence-corrected chi connectivity index (χ3v) is 5.42. The van der Waals surface area contributed by atoms with E-state index in [1.54, 1.807) is 11.9 Å². The maximum Gasteiger partial charge on any atom is 0.268 e. The lowest BCUT2D eigenvalue weighted by atomic mass is 10.2. The minimum atomic E-state index is -0.0532. The Labute approximate surface area is 148 Å². The van der Waals surface area contributed by atoms with Crippen molar-refractivity contribution in [2.75, 3.05) is 11.9 Å². The second kappa shape index (κ2) is 5.89. The van der Waals surface area contributed by atoms with Gasteiger partial charge in [0.25, 0.3) is 5.91 Å². The van der Waals surface area contributed by atoms with Crippen molar-refractivity contribution < 1.29 is 4.79 Å². The fourth-order valence-corrected chi connectivity index (χ4v) is 4.18. The first-order valence-corrected chi connectivity index (χ1v) is 8.65. The van der Waals surface area contributed by atoms with E-state index in [-0.39, 0.29) is 5.91 Å². The number of halogens is 1. The first-order valence-electron chi connectivity index (χ1n) is 7.46. The molecule has 0 spiro atoms. The fraction of sp³-hybridized carbons (Fsp3) is 0.0526. The summed E-state index contributed by atoms with van der Waals surface area (Å²) in [5.41, 5.74) is 1.70. The van der Waals surface area contributed by atoms with Gasteiger partial charge >= 0.3 is 0 Å². The van der Waals surface area contributed by atoms with E-state index in [0.717, 1.165) is 26.7 Å². The van der Waals surface area contributed by atoms with Gasteiger partial charge in [-0.25, -0.2) is 4.98 Å². The summed E-state index contributed by atoms with van der Waals surface area (Å²) in [6, 6.07) is 19.3. The highest BCUT2D eigenvalue weighted by Gasteiger charge is 2.19. The molecule has 4 rings (SSSR count). The highest BCUT2D eigenvalue weighted by Crippen LogP contribution is 2.36. The number of hydrogen-bond acceptors (Lipinski definition) is 3. The van der Waals surface area contributed by atoms with E-state index in [9.17, 15) is 4.79 Å². The van der Waals surface area contributed by atoms with E-state index < -0.39 is 0 Å². The number of aromatic nitrogens is 1. The number of pyridine rings is 1. The maximum atomic E-state index is 12.8. The Morgan fingerprint density at radius 1 is 1.04 bits per heavy atom. The van der Waals surface area contributed by atoms with Gasteiger partial charge in [-0.05, 0) is 24.3 Å². The van der Waals surface area contributed by atoms with Gasteiger partial charge in [-0.1, -0.05) is 48.0 Å². The Morgan fingerprint density at radius 2 is 1.75 bits per heavy atom. The molecule has 0 radical (unpaired) electrons. The summed E-state index contributed by atoms with van der Waals surface area (Å²) in [5.74, 6) is -0.0532. The molecule has 1 amide bonds. The maximum absolute atomic E-state index is 12.8. The predicted octanol–water partition coefficient (Wildman–Crippen LogP) is 5.38. The molecule has 0 aliphatic carbocycles. The first kappa shape index (κ1) is 15.1. The SMILES string of the molecule is CN(C(=O)c1cc2c(Cl)nc3ccccc3c2s1)c1ccccc1. The van der Waals surface area contributed by atoms with E-state index >= 15 is 0 Å². The smallest absolute Gasteiger partial charge is 0.268 e. The third kappa shape index (κ3) is 2.44. The lowest BCUT2D eigenvalue weighted by Gasteiger charge is -2.15. The van der Waals surface area contributed by atoms with E-state index in [1.165, 1.54) is 11.3 Å². The van der Waals surface area contributed by atoms with Crippen LogP contribution in [0.5, 0.6) is 0 Å². The molecule has 2 heterocycles. The zero-order valence-corrected chi connectivity index (χ0v) is 14.4. The standard InChI is InChI=1S/C19H13ClN2OS/c1-22(12-7-3-2-4-8-12)19(23)16-11-14-17(24-16)13-9-5-6-10-15(13)21-18(14)20/h2-11H,1H3. The molecular weight excluding hydrogens is 340 g/mol. The van der Waals surface area contributed by atoms with Gasteiger partial charge in [-0.15, -0.1) is 11.3 Å². The molecule has 0 aliphatic rings. The van der Waals surface area contributed by atoms with E-state index in [4.69, 9.17) is 11.6 Å². The van der Waals surface area contributed by atoms with Crippen LogP contribution in [0.25, 0.3) is 21.0 Å². The molecule has 0 saturated carbocycles. The largest absolute Gasteiger partial charge is 0.311 e. The Bertz CT molecular complexity index is 1060. The highest BCUT2D eigenvalue weighted by atomic mass is 35.5. The average molecular weight is 353 g/mol. The zero-order valence-electron chi connectivity index (χ0n) is 12.9. The molecule has 0 atom stereocenters. The topological polar surface area (TPSA) is 33.2 Å². The van der Waals surface area contributed by atoms with E-state index in [1.807, 2.05) is 60.7 Å². The van der Waals surface area contributed by atoms with Crippen LogP contribution in [0.15, 0.2) is 60.7 Å². The summed E-state index contributed by atoms with van der Waals surface area (Å²) in [6.45, 7) is 0.